The van der Waals surface area contributed by atoms with Crippen molar-refractivity contribution in [1.82, 2.24) is 20.1 Å². The fourth-order valence-corrected chi connectivity index (χ4v) is 4.11. The molecule has 6 nitrogen and oxygen atoms in total. The summed E-state index contributed by atoms with van der Waals surface area (Å²) in [7, 11) is 0. The maximum absolute atomic E-state index is 12.6. The zero-order chi connectivity index (χ0) is 24.7. The summed E-state index contributed by atoms with van der Waals surface area (Å²) in [5.74, 6) is 1.25. The van der Waals surface area contributed by atoms with Crippen LogP contribution in [0.1, 0.15) is 29.0 Å². The molecule has 5 aromatic rings. The number of nitrogens with zero attached hydrogens (tertiary/aromatic N) is 3. The van der Waals surface area contributed by atoms with Gasteiger partial charge in [0.25, 0.3) is 0 Å². The Labute approximate surface area is 210 Å². The fourth-order valence-electron chi connectivity index (χ4n) is 4.11. The predicted octanol–water partition coefficient (Wildman–Crippen LogP) is 5.81. The molecule has 0 fully saturated rings. The molecule has 0 spiro atoms. The molecule has 0 aliphatic rings. The van der Waals surface area contributed by atoms with Crippen LogP contribution in [-0.4, -0.2) is 20.7 Å². The minimum Gasteiger partial charge on any atom is -0.441 e. The Balaban J connectivity index is 1.16. The molecule has 0 saturated heterocycles. The second kappa shape index (κ2) is 10.9. The van der Waals surface area contributed by atoms with Gasteiger partial charge in [0.2, 0.25) is 5.91 Å². The van der Waals surface area contributed by atoms with Crippen molar-refractivity contribution in [2.24, 2.45) is 0 Å². The fraction of sp³-hybridized carbons (Fsp3) is 0.167. The van der Waals surface area contributed by atoms with Gasteiger partial charge in [-0.3, -0.25) is 9.48 Å². The molecule has 0 aliphatic carbocycles. The molecular formula is C30H28N4O2. The first-order valence-corrected chi connectivity index (χ1v) is 12.1. The van der Waals surface area contributed by atoms with Crippen LogP contribution >= 0.6 is 0 Å². The highest BCUT2D eigenvalue weighted by Crippen LogP contribution is 2.25. The molecule has 0 radical (unpaired) electrons. The number of benzene rings is 3. The van der Waals surface area contributed by atoms with Gasteiger partial charge in [0.1, 0.15) is 0 Å². The maximum atomic E-state index is 12.6. The number of carbonyl (C=O) groups is 1. The van der Waals surface area contributed by atoms with E-state index in [9.17, 15) is 4.79 Å². The largest absolute Gasteiger partial charge is 0.441 e. The highest BCUT2D eigenvalue weighted by molar-refractivity contribution is 5.76. The summed E-state index contributed by atoms with van der Waals surface area (Å²) < 4.78 is 7.75. The van der Waals surface area contributed by atoms with Crippen molar-refractivity contribution in [3.8, 4) is 22.5 Å². The Bertz CT molecular complexity index is 1420. The number of carbonyl (C=O) groups excluding carboxylic acids is 1. The van der Waals surface area contributed by atoms with E-state index in [0.29, 0.717) is 25.3 Å². The van der Waals surface area contributed by atoms with E-state index in [0.717, 1.165) is 34.6 Å². The van der Waals surface area contributed by atoms with Crippen LogP contribution < -0.4 is 5.32 Å². The monoisotopic (exact) mass is 476 g/mol. The standard InChI is InChI=1S/C30H28N4O2/c1-22-7-11-25(12-8-22)28-20-32-30(36-28)16-15-29(35)31-19-26-5-2-3-6-27(26)24-13-9-23(10-14-24)21-34-18-4-17-33-34/h2-14,17-18,20H,15-16,19,21H2,1H3,(H,31,35). The van der Waals surface area contributed by atoms with Crippen molar-refractivity contribution in [1.29, 1.82) is 0 Å². The molecule has 0 aliphatic heterocycles. The lowest BCUT2D eigenvalue weighted by atomic mass is 9.98. The summed E-state index contributed by atoms with van der Waals surface area (Å²) in [6.45, 7) is 3.25. The molecule has 0 saturated carbocycles. The third-order valence-corrected chi connectivity index (χ3v) is 6.12. The van der Waals surface area contributed by atoms with Crippen LogP contribution in [-0.2, 0) is 24.3 Å². The number of amides is 1. The summed E-state index contributed by atoms with van der Waals surface area (Å²) in [6.07, 6.45) is 6.23. The molecule has 1 N–H and O–H groups in total. The lowest BCUT2D eigenvalue weighted by molar-refractivity contribution is -0.121. The molecule has 2 aromatic heterocycles. The normalized spacial score (nSPS) is 10.9. The summed E-state index contributed by atoms with van der Waals surface area (Å²) >= 11 is 0. The third kappa shape index (κ3) is 5.78. The van der Waals surface area contributed by atoms with Crippen LogP contribution in [0.15, 0.2) is 102 Å². The molecular weight excluding hydrogens is 448 g/mol. The van der Waals surface area contributed by atoms with Crippen LogP contribution in [0.2, 0.25) is 0 Å². The van der Waals surface area contributed by atoms with Gasteiger partial charge in [0.05, 0.1) is 12.7 Å². The van der Waals surface area contributed by atoms with Crippen molar-refractivity contribution >= 4 is 5.91 Å². The smallest absolute Gasteiger partial charge is 0.220 e. The number of oxazole rings is 1. The Morgan fingerprint density at radius 3 is 2.50 bits per heavy atom. The predicted molar refractivity (Wildman–Crippen MR) is 140 cm³/mol. The lowest BCUT2D eigenvalue weighted by Gasteiger charge is -2.12. The Kier molecular flexibility index (Phi) is 7.03. The lowest BCUT2D eigenvalue weighted by Crippen LogP contribution is -2.23. The first kappa shape index (κ1) is 23.3. The first-order valence-electron chi connectivity index (χ1n) is 12.1. The molecule has 180 valence electrons. The minimum absolute atomic E-state index is 0.0329. The van der Waals surface area contributed by atoms with Gasteiger partial charge in [-0.2, -0.15) is 5.10 Å². The maximum Gasteiger partial charge on any atom is 0.220 e. The van der Waals surface area contributed by atoms with Gasteiger partial charge in [0.15, 0.2) is 11.7 Å². The molecule has 0 unspecified atom stereocenters. The second-order valence-electron chi connectivity index (χ2n) is 8.82. The topological polar surface area (TPSA) is 73.0 Å². The summed E-state index contributed by atoms with van der Waals surface area (Å²) in [5.41, 5.74) is 6.66. The van der Waals surface area contributed by atoms with Crippen molar-refractivity contribution in [3.05, 3.63) is 120 Å². The van der Waals surface area contributed by atoms with E-state index >= 15 is 0 Å². The van der Waals surface area contributed by atoms with E-state index in [2.05, 4.69) is 51.8 Å². The van der Waals surface area contributed by atoms with E-state index in [1.807, 2.05) is 60.3 Å². The highest BCUT2D eigenvalue weighted by Gasteiger charge is 2.11. The quantitative estimate of drug-likeness (QED) is 0.291. The van der Waals surface area contributed by atoms with Gasteiger partial charge in [-0.05, 0) is 35.2 Å². The average Bonchev–Trinajstić information content (AvgIpc) is 3.60. The van der Waals surface area contributed by atoms with Crippen molar-refractivity contribution in [2.75, 3.05) is 0 Å². The number of aryl methyl sites for hydroxylation is 2. The van der Waals surface area contributed by atoms with E-state index < -0.39 is 0 Å². The van der Waals surface area contributed by atoms with E-state index in [1.165, 1.54) is 11.1 Å². The number of aromatic nitrogens is 3. The molecule has 0 atom stereocenters. The molecule has 36 heavy (non-hydrogen) atoms. The molecule has 2 heterocycles. The summed E-state index contributed by atoms with van der Waals surface area (Å²) in [6, 6.07) is 26.7. The van der Waals surface area contributed by atoms with Crippen LogP contribution in [0.3, 0.4) is 0 Å². The number of rotatable bonds is 9. The van der Waals surface area contributed by atoms with Gasteiger partial charge in [-0.15, -0.1) is 0 Å². The number of hydrogen-bond acceptors (Lipinski definition) is 4. The third-order valence-electron chi connectivity index (χ3n) is 6.12. The average molecular weight is 477 g/mol. The SMILES string of the molecule is Cc1ccc(-c2cnc(CCC(=O)NCc3ccccc3-c3ccc(Cn4cccn4)cc3)o2)cc1. The van der Waals surface area contributed by atoms with E-state index in [-0.39, 0.29) is 5.91 Å². The first-order chi connectivity index (χ1) is 17.6. The number of nitrogens with one attached hydrogen (secondary N) is 1. The molecule has 1 amide bonds. The Hall–Kier alpha value is -4.45. The molecule has 5 rings (SSSR count). The van der Waals surface area contributed by atoms with Crippen LogP contribution in [0.4, 0.5) is 0 Å². The molecule has 6 heteroatoms. The highest BCUT2D eigenvalue weighted by atomic mass is 16.4. The van der Waals surface area contributed by atoms with Gasteiger partial charge >= 0.3 is 0 Å². The number of hydrogen-bond donors (Lipinski definition) is 1. The van der Waals surface area contributed by atoms with Gasteiger partial charge in [0, 0.05) is 37.3 Å². The molecule has 0 bridgehead atoms. The van der Waals surface area contributed by atoms with E-state index in [4.69, 9.17) is 4.42 Å². The van der Waals surface area contributed by atoms with Crippen molar-refractivity contribution < 1.29 is 9.21 Å². The zero-order valence-electron chi connectivity index (χ0n) is 20.2. The minimum atomic E-state index is -0.0329. The summed E-state index contributed by atoms with van der Waals surface area (Å²) in [4.78, 5) is 16.9. The van der Waals surface area contributed by atoms with Crippen LogP contribution in [0, 0.1) is 6.92 Å². The van der Waals surface area contributed by atoms with Crippen molar-refractivity contribution in [2.45, 2.75) is 32.9 Å². The molecule has 3 aromatic carbocycles. The van der Waals surface area contributed by atoms with Gasteiger partial charge in [-0.1, -0.05) is 78.4 Å². The van der Waals surface area contributed by atoms with Crippen LogP contribution in [0.25, 0.3) is 22.5 Å². The Morgan fingerprint density at radius 2 is 1.72 bits per heavy atom. The summed E-state index contributed by atoms with van der Waals surface area (Å²) in [5, 5.41) is 7.31. The van der Waals surface area contributed by atoms with E-state index in [1.54, 1.807) is 12.4 Å². The van der Waals surface area contributed by atoms with Crippen molar-refractivity contribution in [3.63, 3.8) is 0 Å². The Morgan fingerprint density at radius 1 is 0.944 bits per heavy atom. The second-order valence-corrected chi connectivity index (χ2v) is 8.82. The zero-order valence-corrected chi connectivity index (χ0v) is 20.2. The van der Waals surface area contributed by atoms with Gasteiger partial charge in [-0.25, -0.2) is 4.98 Å². The van der Waals surface area contributed by atoms with Gasteiger partial charge < -0.3 is 9.73 Å². The van der Waals surface area contributed by atoms with Crippen LogP contribution in [0.5, 0.6) is 0 Å².